The number of halogens is 1. The molecule has 0 saturated carbocycles. The summed E-state index contributed by atoms with van der Waals surface area (Å²) in [5.74, 6) is 0.745. The molecule has 5 heteroatoms. The second-order valence-electron chi connectivity index (χ2n) is 4.86. The van der Waals surface area contributed by atoms with Crippen molar-refractivity contribution in [1.29, 1.82) is 0 Å². The van der Waals surface area contributed by atoms with E-state index in [1.807, 2.05) is 38.1 Å². The molecule has 0 fully saturated rings. The molecule has 0 amide bonds. The summed E-state index contributed by atoms with van der Waals surface area (Å²) in [6.45, 7) is 4.50. The average molecular weight is 337 g/mol. The lowest BCUT2D eigenvalue weighted by atomic mass is 10.1. The van der Waals surface area contributed by atoms with Crippen LogP contribution in [0.25, 0.3) is 11.4 Å². The third-order valence-corrected chi connectivity index (χ3v) is 3.77. The SMILES string of the molecule is COCc1ccccc1-c1nc(C(C)C)c(Br)c(=O)[nH]1. The molecule has 20 heavy (non-hydrogen) atoms. The third kappa shape index (κ3) is 2.99. The molecule has 0 aliphatic carbocycles. The second kappa shape index (κ2) is 6.33. The molecule has 2 rings (SSSR count). The lowest BCUT2D eigenvalue weighted by molar-refractivity contribution is 0.185. The summed E-state index contributed by atoms with van der Waals surface area (Å²) in [6.07, 6.45) is 0. The van der Waals surface area contributed by atoms with Gasteiger partial charge in [-0.05, 0) is 27.4 Å². The molecule has 0 radical (unpaired) electrons. The Hall–Kier alpha value is -1.46. The zero-order chi connectivity index (χ0) is 14.7. The van der Waals surface area contributed by atoms with Crippen LogP contribution in [0.1, 0.15) is 31.0 Å². The van der Waals surface area contributed by atoms with Crippen molar-refractivity contribution < 1.29 is 4.74 Å². The van der Waals surface area contributed by atoms with Crippen LogP contribution in [0.3, 0.4) is 0 Å². The first-order chi connectivity index (χ1) is 9.54. The summed E-state index contributed by atoms with van der Waals surface area (Å²) < 4.78 is 5.69. The number of hydrogen-bond donors (Lipinski definition) is 1. The van der Waals surface area contributed by atoms with Crippen LogP contribution >= 0.6 is 15.9 Å². The van der Waals surface area contributed by atoms with Crippen molar-refractivity contribution >= 4 is 15.9 Å². The molecule has 4 nitrogen and oxygen atoms in total. The van der Waals surface area contributed by atoms with Crippen LogP contribution < -0.4 is 5.56 Å². The summed E-state index contributed by atoms with van der Waals surface area (Å²) in [7, 11) is 1.65. The molecule has 0 saturated heterocycles. The smallest absolute Gasteiger partial charge is 0.265 e. The van der Waals surface area contributed by atoms with Crippen LogP contribution in [-0.2, 0) is 11.3 Å². The van der Waals surface area contributed by atoms with Crippen LogP contribution in [0.4, 0.5) is 0 Å². The van der Waals surface area contributed by atoms with E-state index in [1.54, 1.807) is 7.11 Å². The van der Waals surface area contributed by atoms with Gasteiger partial charge in [0.25, 0.3) is 5.56 Å². The summed E-state index contributed by atoms with van der Waals surface area (Å²) in [5.41, 5.74) is 2.48. The molecule has 0 spiro atoms. The standard InChI is InChI=1S/C15H17BrN2O2/c1-9(2)13-12(16)15(19)18-14(17-13)11-7-5-4-6-10(11)8-20-3/h4-7,9H,8H2,1-3H3,(H,17,18,19). The summed E-state index contributed by atoms with van der Waals surface area (Å²) in [6, 6.07) is 7.77. The largest absolute Gasteiger partial charge is 0.380 e. The summed E-state index contributed by atoms with van der Waals surface area (Å²) in [5, 5.41) is 0. The van der Waals surface area contributed by atoms with Crippen LogP contribution in [0.2, 0.25) is 0 Å². The van der Waals surface area contributed by atoms with E-state index < -0.39 is 0 Å². The van der Waals surface area contributed by atoms with Gasteiger partial charge in [-0.3, -0.25) is 4.79 Å². The lowest BCUT2D eigenvalue weighted by Gasteiger charge is -2.12. The Bertz CT molecular complexity index is 665. The highest BCUT2D eigenvalue weighted by molar-refractivity contribution is 9.10. The van der Waals surface area contributed by atoms with Crippen molar-refractivity contribution in [1.82, 2.24) is 9.97 Å². The van der Waals surface area contributed by atoms with Gasteiger partial charge >= 0.3 is 0 Å². The van der Waals surface area contributed by atoms with Gasteiger partial charge < -0.3 is 9.72 Å². The van der Waals surface area contributed by atoms with E-state index in [0.717, 1.165) is 16.8 Å². The first-order valence-electron chi connectivity index (χ1n) is 6.41. The van der Waals surface area contributed by atoms with E-state index >= 15 is 0 Å². The zero-order valence-corrected chi connectivity index (χ0v) is 13.3. The van der Waals surface area contributed by atoms with E-state index in [-0.39, 0.29) is 11.5 Å². The third-order valence-electron chi connectivity index (χ3n) is 3.01. The van der Waals surface area contributed by atoms with Crippen molar-refractivity contribution in [3.8, 4) is 11.4 Å². The van der Waals surface area contributed by atoms with Gasteiger partial charge in [-0.2, -0.15) is 0 Å². The fraction of sp³-hybridized carbons (Fsp3) is 0.333. The highest BCUT2D eigenvalue weighted by Gasteiger charge is 2.14. The van der Waals surface area contributed by atoms with Crippen molar-refractivity contribution in [2.24, 2.45) is 0 Å². The number of nitrogens with one attached hydrogen (secondary N) is 1. The van der Waals surface area contributed by atoms with Crippen molar-refractivity contribution in [3.05, 3.63) is 50.3 Å². The number of hydrogen-bond acceptors (Lipinski definition) is 3. The molecule has 0 bridgehead atoms. The second-order valence-corrected chi connectivity index (χ2v) is 5.65. The number of H-pyrrole nitrogens is 1. The van der Waals surface area contributed by atoms with Gasteiger partial charge in [0.15, 0.2) is 0 Å². The summed E-state index contributed by atoms with van der Waals surface area (Å²) >= 11 is 3.31. The average Bonchev–Trinajstić information content (AvgIpc) is 2.42. The van der Waals surface area contributed by atoms with Crippen molar-refractivity contribution in [2.75, 3.05) is 7.11 Å². The van der Waals surface area contributed by atoms with E-state index in [1.165, 1.54) is 0 Å². The van der Waals surface area contributed by atoms with Crippen LogP contribution in [-0.4, -0.2) is 17.1 Å². The Balaban J connectivity index is 2.62. The van der Waals surface area contributed by atoms with E-state index in [0.29, 0.717) is 16.9 Å². The topological polar surface area (TPSA) is 55.0 Å². The van der Waals surface area contributed by atoms with Crippen molar-refractivity contribution in [2.45, 2.75) is 26.4 Å². The Morgan fingerprint density at radius 2 is 2.05 bits per heavy atom. The maximum Gasteiger partial charge on any atom is 0.265 e. The normalized spacial score (nSPS) is 11.1. The lowest BCUT2D eigenvalue weighted by Crippen LogP contribution is -2.15. The molecule has 2 aromatic rings. The Kier molecular flexibility index (Phi) is 4.73. The molecule has 0 aliphatic rings. The minimum atomic E-state index is -0.161. The minimum absolute atomic E-state index is 0.161. The van der Waals surface area contributed by atoms with E-state index in [4.69, 9.17) is 4.74 Å². The molecule has 0 atom stereocenters. The molecular weight excluding hydrogens is 320 g/mol. The van der Waals surface area contributed by atoms with E-state index in [2.05, 4.69) is 25.9 Å². The van der Waals surface area contributed by atoms with Crippen molar-refractivity contribution in [3.63, 3.8) is 0 Å². The zero-order valence-electron chi connectivity index (χ0n) is 11.7. The predicted octanol–water partition coefficient (Wildman–Crippen LogP) is 3.47. The monoisotopic (exact) mass is 336 g/mol. The fourth-order valence-electron chi connectivity index (χ4n) is 2.02. The Morgan fingerprint density at radius 3 is 2.70 bits per heavy atom. The quantitative estimate of drug-likeness (QED) is 0.929. The first kappa shape index (κ1) is 14.9. The number of benzene rings is 1. The van der Waals surface area contributed by atoms with Gasteiger partial charge in [0, 0.05) is 12.7 Å². The molecule has 1 heterocycles. The van der Waals surface area contributed by atoms with Gasteiger partial charge in [0.05, 0.1) is 12.3 Å². The molecule has 106 valence electrons. The number of nitrogens with zero attached hydrogens (tertiary/aromatic N) is 1. The van der Waals surface area contributed by atoms with Crippen LogP contribution in [0, 0.1) is 0 Å². The number of ether oxygens (including phenoxy) is 1. The maximum atomic E-state index is 12.0. The first-order valence-corrected chi connectivity index (χ1v) is 7.20. The van der Waals surface area contributed by atoms with Gasteiger partial charge in [-0.25, -0.2) is 4.98 Å². The fourth-order valence-corrected chi connectivity index (χ4v) is 2.66. The van der Waals surface area contributed by atoms with Gasteiger partial charge in [0.1, 0.15) is 10.3 Å². The summed E-state index contributed by atoms with van der Waals surface area (Å²) in [4.78, 5) is 19.4. The molecule has 1 N–H and O–H groups in total. The minimum Gasteiger partial charge on any atom is -0.380 e. The Labute approximate surface area is 126 Å². The number of methoxy groups -OCH3 is 1. The molecule has 1 aromatic heterocycles. The number of aromatic amines is 1. The molecule has 0 aliphatic heterocycles. The predicted molar refractivity (Wildman–Crippen MR) is 82.8 cm³/mol. The van der Waals surface area contributed by atoms with Gasteiger partial charge in [-0.15, -0.1) is 0 Å². The van der Waals surface area contributed by atoms with E-state index in [9.17, 15) is 4.79 Å². The van der Waals surface area contributed by atoms with Crippen LogP contribution in [0.15, 0.2) is 33.5 Å². The highest BCUT2D eigenvalue weighted by Crippen LogP contribution is 2.24. The van der Waals surface area contributed by atoms with Crippen LogP contribution in [0.5, 0.6) is 0 Å². The highest BCUT2D eigenvalue weighted by atomic mass is 79.9. The maximum absolute atomic E-state index is 12.0. The number of rotatable bonds is 4. The molecular formula is C15H17BrN2O2. The molecule has 0 unspecified atom stereocenters. The number of aromatic nitrogens is 2. The van der Waals surface area contributed by atoms with Gasteiger partial charge in [0.2, 0.25) is 0 Å². The Morgan fingerprint density at radius 1 is 1.35 bits per heavy atom. The molecule has 1 aromatic carbocycles. The van der Waals surface area contributed by atoms with Gasteiger partial charge in [-0.1, -0.05) is 38.1 Å².